The van der Waals surface area contributed by atoms with Crippen molar-refractivity contribution >= 4 is 39.1 Å². The molecule has 0 radical (unpaired) electrons. The number of rotatable bonds is 3. The van der Waals surface area contributed by atoms with Crippen molar-refractivity contribution in [3.8, 4) is 11.5 Å². The van der Waals surface area contributed by atoms with E-state index in [1.165, 1.54) is 0 Å². The van der Waals surface area contributed by atoms with Crippen LogP contribution in [-0.4, -0.2) is 5.11 Å². The van der Waals surface area contributed by atoms with Crippen molar-refractivity contribution in [2.24, 2.45) is 0 Å². The van der Waals surface area contributed by atoms with E-state index in [0.717, 1.165) is 10.0 Å². The molecule has 1 atom stereocenters. The molecule has 5 heteroatoms. The van der Waals surface area contributed by atoms with Crippen LogP contribution in [0.2, 0.25) is 10.0 Å². The van der Waals surface area contributed by atoms with Gasteiger partial charge in [0.15, 0.2) is 0 Å². The lowest BCUT2D eigenvalue weighted by atomic mass is 10.1. The Labute approximate surface area is 130 Å². The topological polar surface area (TPSA) is 29.5 Å². The van der Waals surface area contributed by atoms with Crippen molar-refractivity contribution < 1.29 is 9.84 Å². The van der Waals surface area contributed by atoms with Crippen LogP contribution in [0.5, 0.6) is 11.5 Å². The minimum atomic E-state index is -0.543. The zero-order valence-electron chi connectivity index (χ0n) is 10.0. The standard InChI is InChI=1S/C14H11BrCl2O2/c1-8(18)10-6-5-9(7-11(10)15)19-13-4-2-3-12(16)14(13)17/h2-8,18H,1H3/t8-/m1/s1. The summed E-state index contributed by atoms with van der Waals surface area (Å²) < 4.78 is 6.45. The number of hydrogen-bond acceptors (Lipinski definition) is 2. The molecule has 2 aromatic rings. The van der Waals surface area contributed by atoms with Crippen LogP contribution < -0.4 is 4.74 Å². The van der Waals surface area contributed by atoms with Gasteiger partial charge >= 0.3 is 0 Å². The summed E-state index contributed by atoms with van der Waals surface area (Å²) >= 11 is 15.4. The molecule has 0 saturated heterocycles. The molecule has 0 heterocycles. The first-order valence-electron chi connectivity index (χ1n) is 5.58. The highest BCUT2D eigenvalue weighted by atomic mass is 79.9. The Bertz CT molecular complexity index is 600. The Kier molecular flexibility index (Phi) is 4.74. The van der Waals surface area contributed by atoms with E-state index < -0.39 is 6.10 Å². The zero-order valence-corrected chi connectivity index (χ0v) is 13.1. The van der Waals surface area contributed by atoms with Gasteiger partial charge in [-0.15, -0.1) is 0 Å². The predicted molar refractivity (Wildman–Crippen MR) is 81.3 cm³/mol. The summed E-state index contributed by atoms with van der Waals surface area (Å²) in [6.45, 7) is 1.70. The zero-order chi connectivity index (χ0) is 14.0. The van der Waals surface area contributed by atoms with Gasteiger partial charge in [0.2, 0.25) is 0 Å². The summed E-state index contributed by atoms with van der Waals surface area (Å²) in [6, 6.07) is 10.5. The van der Waals surface area contributed by atoms with Crippen LogP contribution >= 0.6 is 39.1 Å². The molecule has 0 spiro atoms. The molecule has 0 bridgehead atoms. The fraction of sp³-hybridized carbons (Fsp3) is 0.143. The van der Waals surface area contributed by atoms with Gasteiger partial charge < -0.3 is 9.84 Å². The third-order valence-corrected chi connectivity index (χ3v) is 4.05. The summed E-state index contributed by atoms with van der Waals surface area (Å²) in [6.07, 6.45) is -0.543. The van der Waals surface area contributed by atoms with Crippen molar-refractivity contribution in [3.63, 3.8) is 0 Å². The minimum Gasteiger partial charge on any atom is -0.456 e. The maximum absolute atomic E-state index is 9.56. The first-order valence-corrected chi connectivity index (χ1v) is 7.13. The van der Waals surface area contributed by atoms with Crippen LogP contribution in [0.15, 0.2) is 40.9 Å². The molecule has 0 fully saturated rings. The first-order chi connectivity index (χ1) is 8.99. The molecular weight excluding hydrogens is 351 g/mol. The average Bonchev–Trinajstić information content (AvgIpc) is 2.34. The lowest BCUT2D eigenvalue weighted by molar-refractivity contribution is 0.198. The molecular formula is C14H11BrCl2O2. The largest absolute Gasteiger partial charge is 0.456 e. The molecule has 100 valence electrons. The van der Waals surface area contributed by atoms with E-state index in [1.807, 2.05) is 0 Å². The van der Waals surface area contributed by atoms with E-state index in [1.54, 1.807) is 43.3 Å². The molecule has 2 nitrogen and oxygen atoms in total. The molecule has 2 rings (SSSR count). The monoisotopic (exact) mass is 360 g/mol. The van der Waals surface area contributed by atoms with Crippen molar-refractivity contribution in [2.75, 3.05) is 0 Å². The van der Waals surface area contributed by atoms with Gasteiger partial charge in [-0.2, -0.15) is 0 Å². The van der Waals surface area contributed by atoms with Gasteiger partial charge in [-0.05, 0) is 36.8 Å². The molecule has 0 aromatic heterocycles. The fourth-order valence-corrected chi connectivity index (χ4v) is 2.62. The van der Waals surface area contributed by atoms with Crippen LogP contribution in [0.3, 0.4) is 0 Å². The molecule has 1 N–H and O–H groups in total. The van der Waals surface area contributed by atoms with E-state index >= 15 is 0 Å². The van der Waals surface area contributed by atoms with Gasteiger partial charge in [0, 0.05) is 4.47 Å². The normalized spacial score (nSPS) is 12.3. The van der Waals surface area contributed by atoms with E-state index in [4.69, 9.17) is 27.9 Å². The molecule has 0 amide bonds. The predicted octanol–water partition coefficient (Wildman–Crippen LogP) is 5.60. The van der Waals surface area contributed by atoms with Crippen LogP contribution in [0, 0.1) is 0 Å². The Balaban J connectivity index is 2.29. The SMILES string of the molecule is C[C@@H](O)c1ccc(Oc2cccc(Cl)c2Cl)cc1Br. The van der Waals surface area contributed by atoms with Gasteiger partial charge in [-0.1, -0.05) is 51.3 Å². The van der Waals surface area contributed by atoms with Gasteiger partial charge in [0.25, 0.3) is 0 Å². The third-order valence-electron chi connectivity index (χ3n) is 2.57. The van der Waals surface area contributed by atoms with Gasteiger partial charge in [0.1, 0.15) is 16.5 Å². The summed E-state index contributed by atoms with van der Waals surface area (Å²) in [7, 11) is 0. The molecule has 2 aromatic carbocycles. The van der Waals surface area contributed by atoms with Crippen LogP contribution in [0.25, 0.3) is 0 Å². The summed E-state index contributed by atoms with van der Waals surface area (Å²) in [5, 5.41) is 10.4. The molecule has 0 unspecified atom stereocenters. The maximum atomic E-state index is 9.56. The summed E-state index contributed by atoms with van der Waals surface area (Å²) in [4.78, 5) is 0. The first kappa shape index (κ1) is 14.7. The quantitative estimate of drug-likeness (QED) is 0.770. The summed E-state index contributed by atoms with van der Waals surface area (Å²) in [5.74, 6) is 1.10. The van der Waals surface area contributed by atoms with Gasteiger partial charge in [0.05, 0.1) is 11.1 Å². The van der Waals surface area contributed by atoms with E-state index in [9.17, 15) is 5.11 Å². The Morgan fingerprint density at radius 2 is 1.95 bits per heavy atom. The van der Waals surface area contributed by atoms with Crippen molar-refractivity contribution in [2.45, 2.75) is 13.0 Å². The second-order valence-electron chi connectivity index (χ2n) is 4.01. The van der Waals surface area contributed by atoms with Crippen molar-refractivity contribution in [1.29, 1.82) is 0 Å². The number of ether oxygens (including phenoxy) is 1. The Morgan fingerprint density at radius 3 is 2.58 bits per heavy atom. The Morgan fingerprint density at radius 1 is 1.21 bits per heavy atom. The number of hydrogen-bond donors (Lipinski definition) is 1. The highest BCUT2D eigenvalue weighted by Gasteiger charge is 2.10. The maximum Gasteiger partial charge on any atom is 0.147 e. The minimum absolute atomic E-state index is 0.375. The highest BCUT2D eigenvalue weighted by Crippen LogP contribution is 2.36. The highest BCUT2D eigenvalue weighted by molar-refractivity contribution is 9.10. The van der Waals surface area contributed by atoms with Crippen LogP contribution in [-0.2, 0) is 0 Å². The van der Waals surface area contributed by atoms with Crippen molar-refractivity contribution in [1.82, 2.24) is 0 Å². The molecule has 0 aliphatic carbocycles. The fourth-order valence-electron chi connectivity index (χ4n) is 1.60. The second kappa shape index (κ2) is 6.14. The Hall–Kier alpha value is -0.740. The van der Waals surface area contributed by atoms with Gasteiger partial charge in [-0.25, -0.2) is 0 Å². The number of aliphatic hydroxyl groups excluding tert-OH is 1. The lowest BCUT2D eigenvalue weighted by Gasteiger charge is -2.12. The third kappa shape index (κ3) is 3.42. The van der Waals surface area contributed by atoms with Crippen LogP contribution in [0.1, 0.15) is 18.6 Å². The molecule has 19 heavy (non-hydrogen) atoms. The van der Waals surface area contributed by atoms with Crippen LogP contribution in [0.4, 0.5) is 0 Å². The lowest BCUT2D eigenvalue weighted by Crippen LogP contribution is -1.93. The average molecular weight is 362 g/mol. The van der Waals surface area contributed by atoms with E-state index in [0.29, 0.717) is 21.5 Å². The van der Waals surface area contributed by atoms with E-state index in [2.05, 4.69) is 15.9 Å². The van der Waals surface area contributed by atoms with Gasteiger partial charge in [-0.3, -0.25) is 0 Å². The number of aliphatic hydroxyl groups is 1. The molecule has 0 aliphatic rings. The van der Waals surface area contributed by atoms with E-state index in [-0.39, 0.29) is 0 Å². The van der Waals surface area contributed by atoms with Crippen molar-refractivity contribution in [3.05, 3.63) is 56.5 Å². The number of halogens is 3. The molecule has 0 saturated carbocycles. The summed E-state index contributed by atoms with van der Waals surface area (Å²) in [5.41, 5.74) is 0.796. The second-order valence-corrected chi connectivity index (χ2v) is 5.65. The smallest absolute Gasteiger partial charge is 0.147 e. The number of benzene rings is 2. The molecule has 0 aliphatic heterocycles.